The van der Waals surface area contributed by atoms with Crippen LogP contribution >= 0.6 is 0 Å². The molecule has 0 radical (unpaired) electrons. The van der Waals surface area contributed by atoms with Crippen LogP contribution in [-0.2, 0) is 17.7 Å². The van der Waals surface area contributed by atoms with Gasteiger partial charge in [0.25, 0.3) is 0 Å². The van der Waals surface area contributed by atoms with E-state index in [4.69, 9.17) is 4.74 Å². The molecule has 1 aromatic carbocycles. The van der Waals surface area contributed by atoms with Gasteiger partial charge in [-0.3, -0.25) is 0 Å². The van der Waals surface area contributed by atoms with Crippen molar-refractivity contribution in [3.8, 4) is 0 Å². The molecule has 2 aromatic rings. The first-order valence-corrected chi connectivity index (χ1v) is 7.79. The van der Waals surface area contributed by atoms with E-state index in [-0.39, 0.29) is 0 Å². The van der Waals surface area contributed by atoms with Crippen LogP contribution in [0.3, 0.4) is 0 Å². The number of ether oxygens (including phenoxy) is 1. The first-order chi connectivity index (χ1) is 10.4. The van der Waals surface area contributed by atoms with Gasteiger partial charge in [0.05, 0.1) is 0 Å². The summed E-state index contributed by atoms with van der Waals surface area (Å²) in [6.45, 7) is 5.52. The molecule has 1 heterocycles. The molecule has 1 N–H and O–H groups in total. The van der Waals surface area contributed by atoms with Gasteiger partial charge in [-0.05, 0) is 30.9 Å². The number of hydrogen-bond acceptors (Lipinski definition) is 3. The molecule has 1 atom stereocenters. The van der Waals surface area contributed by atoms with Crippen molar-refractivity contribution in [1.29, 1.82) is 0 Å². The number of benzene rings is 1. The standard InChI is InChI=1S/C17H23N3O/c1-2-21-11-5-8-18-17-19-9-10-20(17)13-15-12-14-6-3-4-7-16(14)15/h3-4,6-7,9-10,15H,2,5,8,11-13H2,1H3,(H,18,19). The van der Waals surface area contributed by atoms with Gasteiger partial charge in [-0.2, -0.15) is 0 Å². The smallest absolute Gasteiger partial charge is 0.202 e. The highest BCUT2D eigenvalue weighted by Gasteiger charge is 2.26. The Hall–Kier alpha value is -1.81. The molecule has 0 saturated heterocycles. The maximum atomic E-state index is 5.35. The summed E-state index contributed by atoms with van der Waals surface area (Å²) in [5.74, 6) is 1.59. The topological polar surface area (TPSA) is 39.1 Å². The summed E-state index contributed by atoms with van der Waals surface area (Å²) in [4.78, 5) is 4.41. The number of anilines is 1. The second-order valence-electron chi connectivity index (χ2n) is 5.48. The van der Waals surface area contributed by atoms with Crippen molar-refractivity contribution < 1.29 is 4.74 Å². The van der Waals surface area contributed by atoms with Crippen LogP contribution in [0.2, 0.25) is 0 Å². The van der Waals surface area contributed by atoms with Gasteiger partial charge in [-0.1, -0.05) is 24.3 Å². The Bertz CT molecular complexity index is 579. The molecular formula is C17H23N3O. The van der Waals surface area contributed by atoms with Gasteiger partial charge in [0.1, 0.15) is 0 Å². The monoisotopic (exact) mass is 285 g/mol. The van der Waals surface area contributed by atoms with Crippen LogP contribution in [0.5, 0.6) is 0 Å². The molecular weight excluding hydrogens is 262 g/mol. The van der Waals surface area contributed by atoms with Crippen molar-refractivity contribution in [2.45, 2.75) is 32.2 Å². The van der Waals surface area contributed by atoms with Crippen LogP contribution in [0.1, 0.15) is 30.4 Å². The average molecular weight is 285 g/mol. The van der Waals surface area contributed by atoms with E-state index in [0.29, 0.717) is 5.92 Å². The molecule has 4 nitrogen and oxygen atoms in total. The molecule has 112 valence electrons. The summed E-state index contributed by atoms with van der Waals surface area (Å²) in [6, 6.07) is 8.73. The lowest BCUT2D eigenvalue weighted by atomic mass is 9.77. The Balaban J connectivity index is 1.52. The Morgan fingerprint density at radius 1 is 1.38 bits per heavy atom. The normalized spacial score (nSPS) is 16.3. The third kappa shape index (κ3) is 3.27. The molecule has 3 rings (SSSR count). The SMILES string of the molecule is CCOCCCNc1nccn1CC1Cc2ccccc21. The van der Waals surface area contributed by atoms with E-state index >= 15 is 0 Å². The molecule has 0 amide bonds. The second kappa shape index (κ2) is 6.76. The lowest BCUT2D eigenvalue weighted by Gasteiger charge is -2.30. The molecule has 0 fully saturated rings. The minimum atomic E-state index is 0.624. The number of aromatic nitrogens is 2. The van der Waals surface area contributed by atoms with E-state index in [0.717, 1.165) is 38.7 Å². The summed E-state index contributed by atoms with van der Waals surface area (Å²) in [6.07, 6.45) is 6.12. The third-order valence-electron chi connectivity index (χ3n) is 4.05. The molecule has 1 aliphatic rings. The summed E-state index contributed by atoms with van der Waals surface area (Å²) in [7, 11) is 0. The Labute approximate surface area is 126 Å². The van der Waals surface area contributed by atoms with E-state index in [1.54, 1.807) is 0 Å². The quantitative estimate of drug-likeness (QED) is 0.758. The minimum absolute atomic E-state index is 0.624. The number of nitrogens with one attached hydrogen (secondary N) is 1. The van der Waals surface area contributed by atoms with E-state index in [9.17, 15) is 0 Å². The van der Waals surface area contributed by atoms with E-state index in [1.165, 1.54) is 17.5 Å². The van der Waals surface area contributed by atoms with Gasteiger partial charge in [-0.15, -0.1) is 0 Å². The number of hydrogen-bond donors (Lipinski definition) is 1. The molecule has 1 aliphatic carbocycles. The van der Waals surface area contributed by atoms with Gasteiger partial charge in [-0.25, -0.2) is 4.98 Å². The van der Waals surface area contributed by atoms with Crippen LogP contribution in [0.4, 0.5) is 5.95 Å². The van der Waals surface area contributed by atoms with E-state index < -0.39 is 0 Å². The average Bonchev–Trinajstić information content (AvgIpc) is 2.92. The summed E-state index contributed by atoms with van der Waals surface area (Å²) in [5, 5.41) is 3.40. The fourth-order valence-electron chi connectivity index (χ4n) is 2.91. The van der Waals surface area contributed by atoms with E-state index in [1.807, 2.05) is 13.1 Å². The largest absolute Gasteiger partial charge is 0.382 e. The predicted molar refractivity (Wildman–Crippen MR) is 84.7 cm³/mol. The molecule has 1 unspecified atom stereocenters. The molecule has 21 heavy (non-hydrogen) atoms. The number of nitrogens with zero attached hydrogens (tertiary/aromatic N) is 2. The van der Waals surface area contributed by atoms with Crippen molar-refractivity contribution in [1.82, 2.24) is 9.55 Å². The van der Waals surface area contributed by atoms with E-state index in [2.05, 4.69) is 45.3 Å². The minimum Gasteiger partial charge on any atom is -0.382 e. The third-order valence-corrected chi connectivity index (χ3v) is 4.05. The molecule has 0 spiro atoms. The Kier molecular flexibility index (Phi) is 4.55. The van der Waals surface area contributed by atoms with Gasteiger partial charge in [0.2, 0.25) is 5.95 Å². The zero-order valence-electron chi connectivity index (χ0n) is 12.6. The zero-order chi connectivity index (χ0) is 14.5. The van der Waals surface area contributed by atoms with Gasteiger partial charge in [0.15, 0.2) is 0 Å². The first-order valence-electron chi connectivity index (χ1n) is 7.79. The first kappa shape index (κ1) is 14.1. The van der Waals surface area contributed by atoms with Crippen molar-refractivity contribution in [3.63, 3.8) is 0 Å². The fourth-order valence-corrected chi connectivity index (χ4v) is 2.91. The maximum absolute atomic E-state index is 5.35. The number of rotatable bonds is 8. The van der Waals surface area contributed by atoms with Crippen LogP contribution in [0.15, 0.2) is 36.7 Å². The summed E-state index contributed by atoms with van der Waals surface area (Å²) in [5.41, 5.74) is 2.99. The second-order valence-corrected chi connectivity index (χ2v) is 5.48. The lowest BCUT2D eigenvalue weighted by Crippen LogP contribution is -2.22. The maximum Gasteiger partial charge on any atom is 0.202 e. The Morgan fingerprint density at radius 3 is 3.14 bits per heavy atom. The highest BCUT2D eigenvalue weighted by molar-refractivity contribution is 5.40. The highest BCUT2D eigenvalue weighted by atomic mass is 16.5. The zero-order valence-corrected chi connectivity index (χ0v) is 12.6. The van der Waals surface area contributed by atoms with Crippen molar-refractivity contribution in [3.05, 3.63) is 47.8 Å². The van der Waals surface area contributed by atoms with Crippen LogP contribution in [0.25, 0.3) is 0 Å². The molecule has 4 heteroatoms. The fraction of sp³-hybridized carbons (Fsp3) is 0.471. The molecule has 0 aliphatic heterocycles. The predicted octanol–water partition coefficient (Wildman–Crippen LogP) is 3.06. The summed E-state index contributed by atoms with van der Waals surface area (Å²) < 4.78 is 7.57. The number of fused-ring (bicyclic) bond motifs is 1. The Morgan fingerprint density at radius 2 is 2.29 bits per heavy atom. The van der Waals surface area contributed by atoms with Crippen LogP contribution in [-0.4, -0.2) is 29.3 Å². The van der Waals surface area contributed by atoms with Crippen molar-refractivity contribution in [2.75, 3.05) is 25.1 Å². The summed E-state index contributed by atoms with van der Waals surface area (Å²) >= 11 is 0. The van der Waals surface area contributed by atoms with Gasteiger partial charge < -0.3 is 14.6 Å². The van der Waals surface area contributed by atoms with Crippen LogP contribution in [0, 0.1) is 0 Å². The van der Waals surface area contributed by atoms with Crippen molar-refractivity contribution >= 4 is 5.95 Å². The van der Waals surface area contributed by atoms with Crippen LogP contribution < -0.4 is 5.32 Å². The van der Waals surface area contributed by atoms with Crippen molar-refractivity contribution in [2.24, 2.45) is 0 Å². The lowest BCUT2D eigenvalue weighted by molar-refractivity contribution is 0.147. The molecule has 0 bridgehead atoms. The number of imidazole rings is 1. The van der Waals surface area contributed by atoms with Gasteiger partial charge in [0, 0.05) is 44.6 Å². The van der Waals surface area contributed by atoms with Gasteiger partial charge >= 0.3 is 0 Å². The highest BCUT2D eigenvalue weighted by Crippen LogP contribution is 2.36. The molecule has 0 saturated carbocycles. The molecule has 1 aromatic heterocycles.